The number of nitrogens with zero attached hydrogens (tertiary/aromatic N) is 2. The van der Waals surface area contributed by atoms with E-state index in [1.54, 1.807) is 19.2 Å². The van der Waals surface area contributed by atoms with E-state index in [2.05, 4.69) is 10.3 Å². The lowest BCUT2D eigenvalue weighted by atomic mass is 10.2. The number of nitriles is 1. The normalized spacial score (nSPS) is 8.81. The Balaban J connectivity index is 0.000000211. The standard InChI is InChI=1S/C9H11NO.C7H6N2O/c1-8(11)10-7-9-5-3-2-4-6-9;1-10-7-2-3-9-6(4-7)5-8/h2-6H,7H2,1H3,(H,10,11);2-4H,1H3. The Kier molecular flexibility index (Phi) is 7.01. The molecule has 5 nitrogen and oxygen atoms in total. The Morgan fingerprint density at radius 1 is 1.33 bits per heavy atom. The van der Waals surface area contributed by atoms with Crippen molar-refractivity contribution >= 4 is 5.91 Å². The number of amides is 1. The summed E-state index contributed by atoms with van der Waals surface area (Å²) in [5, 5.41) is 11.1. The maximum absolute atomic E-state index is 10.5. The molecule has 0 unspecified atom stereocenters. The summed E-state index contributed by atoms with van der Waals surface area (Å²) in [6, 6.07) is 15.0. The quantitative estimate of drug-likeness (QED) is 0.937. The lowest BCUT2D eigenvalue weighted by Gasteiger charge is -2.00. The van der Waals surface area contributed by atoms with Gasteiger partial charge in [-0.1, -0.05) is 30.3 Å². The molecule has 0 bridgehead atoms. The van der Waals surface area contributed by atoms with Crippen LogP contribution >= 0.6 is 0 Å². The Bertz CT molecular complexity index is 606. The summed E-state index contributed by atoms with van der Waals surface area (Å²) in [6.45, 7) is 2.14. The predicted molar refractivity (Wildman–Crippen MR) is 79.5 cm³/mol. The van der Waals surface area contributed by atoms with Gasteiger partial charge in [0.05, 0.1) is 7.11 Å². The van der Waals surface area contributed by atoms with Gasteiger partial charge in [-0.25, -0.2) is 4.98 Å². The van der Waals surface area contributed by atoms with Crippen LogP contribution in [0, 0.1) is 11.3 Å². The number of aromatic nitrogens is 1. The molecular formula is C16H17N3O2. The van der Waals surface area contributed by atoms with Crippen LogP contribution < -0.4 is 10.1 Å². The average molecular weight is 283 g/mol. The largest absolute Gasteiger partial charge is 0.497 e. The zero-order valence-corrected chi connectivity index (χ0v) is 12.0. The molecule has 0 spiro atoms. The van der Waals surface area contributed by atoms with Crippen LogP contribution in [-0.4, -0.2) is 18.0 Å². The summed E-state index contributed by atoms with van der Waals surface area (Å²) in [6.07, 6.45) is 1.54. The molecule has 0 aliphatic heterocycles. The van der Waals surface area contributed by atoms with Crippen molar-refractivity contribution in [2.45, 2.75) is 13.5 Å². The second kappa shape index (κ2) is 9.10. The Morgan fingerprint density at radius 2 is 2.05 bits per heavy atom. The van der Waals surface area contributed by atoms with Gasteiger partial charge in [-0.2, -0.15) is 5.26 Å². The van der Waals surface area contributed by atoms with E-state index in [1.807, 2.05) is 36.4 Å². The molecule has 0 atom stereocenters. The van der Waals surface area contributed by atoms with Gasteiger partial charge in [-0.05, 0) is 11.6 Å². The van der Waals surface area contributed by atoms with Crippen LogP contribution in [0.1, 0.15) is 18.2 Å². The van der Waals surface area contributed by atoms with Gasteiger partial charge in [0, 0.05) is 25.7 Å². The number of hydrogen-bond donors (Lipinski definition) is 1. The van der Waals surface area contributed by atoms with Gasteiger partial charge in [0.2, 0.25) is 5.91 Å². The van der Waals surface area contributed by atoms with Crippen molar-refractivity contribution in [3.8, 4) is 11.8 Å². The Hall–Kier alpha value is -2.87. The summed E-state index contributed by atoms with van der Waals surface area (Å²) >= 11 is 0. The number of benzene rings is 1. The van der Waals surface area contributed by atoms with E-state index in [4.69, 9.17) is 10.00 Å². The number of hydrogen-bond acceptors (Lipinski definition) is 4. The molecule has 1 aromatic heterocycles. The van der Waals surface area contributed by atoms with Crippen molar-refractivity contribution in [2.75, 3.05) is 7.11 Å². The summed E-state index contributed by atoms with van der Waals surface area (Å²) in [5.74, 6) is 0.667. The Labute approximate surface area is 124 Å². The first kappa shape index (κ1) is 16.2. The molecule has 0 aliphatic carbocycles. The number of rotatable bonds is 3. The molecule has 0 radical (unpaired) electrons. The molecule has 0 saturated heterocycles. The number of carbonyl (C=O) groups excluding carboxylic acids is 1. The fraction of sp³-hybridized carbons (Fsp3) is 0.188. The summed E-state index contributed by atoms with van der Waals surface area (Å²) in [7, 11) is 1.55. The van der Waals surface area contributed by atoms with E-state index in [0.717, 1.165) is 5.56 Å². The third kappa shape index (κ3) is 6.73. The molecule has 1 aromatic carbocycles. The summed E-state index contributed by atoms with van der Waals surface area (Å²) < 4.78 is 4.87. The fourth-order valence-electron chi connectivity index (χ4n) is 1.42. The molecule has 1 N–H and O–H groups in total. The van der Waals surface area contributed by atoms with Gasteiger partial charge in [0.15, 0.2) is 0 Å². The smallest absolute Gasteiger partial charge is 0.217 e. The lowest BCUT2D eigenvalue weighted by Crippen LogP contribution is -2.18. The molecule has 0 aliphatic rings. The van der Waals surface area contributed by atoms with E-state index in [-0.39, 0.29) is 5.91 Å². The molecule has 0 saturated carbocycles. The topological polar surface area (TPSA) is 75.0 Å². The number of methoxy groups -OCH3 is 1. The molecule has 1 heterocycles. The van der Waals surface area contributed by atoms with Crippen molar-refractivity contribution in [2.24, 2.45) is 0 Å². The molecule has 5 heteroatoms. The zero-order valence-electron chi connectivity index (χ0n) is 12.0. The van der Waals surface area contributed by atoms with Crippen molar-refractivity contribution < 1.29 is 9.53 Å². The highest BCUT2D eigenvalue weighted by Gasteiger charge is 1.92. The fourth-order valence-corrected chi connectivity index (χ4v) is 1.42. The third-order valence-corrected chi connectivity index (χ3v) is 2.47. The summed E-state index contributed by atoms with van der Waals surface area (Å²) in [4.78, 5) is 14.3. The maximum atomic E-state index is 10.5. The molecule has 1 amide bonds. The van der Waals surface area contributed by atoms with E-state index in [9.17, 15) is 4.79 Å². The first-order valence-corrected chi connectivity index (χ1v) is 6.34. The maximum Gasteiger partial charge on any atom is 0.217 e. The van der Waals surface area contributed by atoms with Crippen LogP contribution in [0.4, 0.5) is 0 Å². The molecular weight excluding hydrogens is 266 g/mol. The molecule has 2 rings (SSSR count). The van der Waals surface area contributed by atoms with E-state index < -0.39 is 0 Å². The highest BCUT2D eigenvalue weighted by molar-refractivity contribution is 5.72. The summed E-state index contributed by atoms with van der Waals surface area (Å²) in [5.41, 5.74) is 1.50. The minimum atomic E-state index is 0.00820. The van der Waals surface area contributed by atoms with Crippen molar-refractivity contribution in [3.63, 3.8) is 0 Å². The first-order valence-electron chi connectivity index (χ1n) is 6.34. The van der Waals surface area contributed by atoms with Gasteiger partial charge in [-0.15, -0.1) is 0 Å². The van der Waals surface area contributed by atoms with Crippen LogP contribution in [0.3, 0.4) is 0 Å². The second-order valence-corrected chi connectivity index (χ2v) is 4.09. The van der Waals surface area contributed by atoms with Gasteiger partial charge in [-0.3, -0.25) is 4.79 Å². The molecule has 2 aromatic rings. The Morgan fingerprint density at radius 3 is 2.62 bits per heavy atom. The van der Waals surface area contributed by atoms with Crippen LogP contribution in [0.25, 0.3) is 0 Å². The minimum absolute atomic E-state index is 0.00820. The van der Waals surface area contributed by atoms with Gasteiger partial charge < -0.3 is 10.1 Å². The third-order valence-electron chi connectivity index (χ3n) is 2.47. The molecule has 108 valence electrons. The molecule has 0 fully saturated rings. The highest BCUT2D eigenvalue weighted by atomic mass is 16.5. The number of pyridine rings is 1. The number of nitrogens with one attached hydrogen (secondary N) is 1. The van der Waals surface area contributed by atoms with Crippen molar-refractivity contribution in [1.82, 2.24) is 10.3 Å². The lowest BCUT2D eigenvalue weighted by molar-refractivity contribution is -0.119. The minimum Gasteiger partial charge on any atom is -0.497 e. The monoisotopic (exact) mass is 283 g/mol. The predicted octanol–water partition coefficient (Wildman–Crippen LogP) is 2.28. The second-order valence-electron chi connectivity index (χ2n) is 4.09. The number of carbonyl (C=O) groups is 1. The SMILES string of the molecule is CC(=O)NCc1ccccc1.COc1ccnc(C#N)c1. The van der Waals surface area contributed by atoms with Gasteiger partial charge >= 0.3 is 0 Å². The molecule has 21 heavy (non-hydrogen) atoms. The van der Waals surface area contributed by atoms with Crippen LogP contribution in [-0.2, 0) is 11.3 Å². The van der Waals surface area contributed by atoms with Crippen LogP contribution in [0.5, 0.6) is 5.75 Å². The van der Waals surface area contributed by atoms with E-state index >= 15 is 0 Å². The van der Waals surface area contributed by atoms with Crippen molar-refractivity contribution in [3.05, 3.63) is 59.9 Å². The van der Waals surface area contributed by atoms with Gasteiger partial charge in [0.25, 0.3) is 0 Å². The van der Waals surface area contributed by atoms with E-state index in [1.165, 1.54) is 13.1 Å². The first-order chi connectivity index (χ1) is 10.2. The number of ether oxygens (including phenoxy) is 1. The zero-order chi connectivity index (χ0) is 15.5. The van der Waals surface area contributed by atoms with Gasteiger partial charge in [0.1, 0.15) is 17.5 Å². The van der Waals surface area contributed by atoms with E-state index in [0.29, 0.717) is 18.0 Å². The average Bonchev–Trinajstić information content (AvgIpc) is 2.54. The van der Waals surface area contributed by atoms with Crippen LogP contribution in [0.15, 0.2) is 48.7 Å². The van der Waals surface area contributed by atoms with Crippen LogP contribution in [0.2, 0.25) is 0 Å². The highest BCUT2D eigenvalue weighted by Crippen LogP contribution is 2.08. The van der Waals surface area contributed by atoms with Crippen molar-refractivity contribution in [1.29, 1.82) is 5.26 Å².